The Morgan fingerprint density at radius 2 is 1.68 bits per heavy atom. The first-order valence-corrected chi connectivity index (χ1v) is 10.6. The summed E-state index contributed by atoms with van der Waals surface area (Å²) >= 11 is 0. The van der Waals surface area contributed by atoms with Gasteiger partial charge in [-0.2, -0.15) is 0 Å². The smallest absolute Gasteiger partial charge is 0.232 e. The minimum Gasteiger partial charge on any atom is -0.493 e. The molecule has 5 nitrogen and oxygen atoms in total. The molecule has 0 spiro atoms. The van der Waals surface area contributed by atoms with Gasteiger partial charge in [0.05, 0.1) is 19.9 Å². The molecule has 2 aliphatic rings. The van der Waals surface area contributed by atoms with Gasteiger partial charge in [0, 0.05) is 30.0 Å². The SMILES string of the molecule is COc1ccc([C@@H]2CC(=O)N(c3ccccc3C)C3=C2C(=O)CC(C)(C)C3)cc1OC. The van der Waals surface area contributed by atoms with Gasteiger partial charge in [0.25, 0.3) is 0 Å². The minimum atomic E-state index is -0.286. The van der Waals surface area contributed by atoms with E-state index in [1.807, 2.05) is 49.4 Å². The van der Waals surface area contributed by atoms with Crippen molar-refractivity contribution >= 4 is 17.4 Å². The summed E-state index contributed by atoms with van der Waals surface area (Å²) in [5.74, 6) is 1.07. The van der Waals surface area contributed by atoms with Crippen molar-refractivity contribution in [3.8, 4) is 11.5 Å². The van der Waals surface area contributed by atoms with Crippen LogP contribution >= 0.6 is 0 Å². The van der Waals surface area contributed by atoms with Gasteiger partial charge in [0.2, 0.25) is 5.91 Å². The van der Waals surface area contributed by atoms with E-state index in [0.717, 1.165) is 28.1 Å². The molecular weight excluding hydrogens is 390 g/mol. The van der Waals surface area contributed by atoms with E-state index in [2.05, 4.69) is 13.8 Å². The first kappa shape index (κ1) is 21.2. The molecule has 1 heterocycles. The van der Waals surface area contributed by atoms with Crippen LogP contribution in [0.3, 0.4) is 0 Å². The third kappa shape index (κ3) is 3.73. The van der Waals surface area contributed by atoms with E-state index in [1.54, 1.807) is 19.1 Å². The predicted molar refractivity (Wildman–Crippen MR) is 121 cm³/mol. The van der Waals surface area contributed by atoms with E-state index in [-0.39, 0.29) is 29.4 Å². The third-order valence-corrected chi connectivity index (χ3v) is 6.31. The number of nitrogens with zero attached hydrogens (tertiary/aromatic N) is 1. The Labute approximate surface area is 183 Å². The van der Waals surface area contributed by atoms with Gasteiger partial charge in [0.15, 0.2) is 17.3 Å². The highest BCUT2D eigenvalue weighted by Gasteiger charge is 2.44. The molecule has 31 heavy (non-hydrogen) atoms. The highest BCUT2D eigenvalue weighted by atomic mass is 16.5. The fraction of sp³-hybridized carbons (Fsp3) is 0.385. The van der Waals surface area contributed by atoms with Crippen molar-refractivity contribution in [2.45, 2.75) is 46.0 Å². The van der Waals surface area contributed by atoms with Crippen LogP contribution in [0.25, 0.3) is 0 Å². The highest BCUT2D eigenvalue weighted by Crippen LogP contribution is 2.49. The average molecular weight is 420 g/mol. The molecule has 1 atom stereocenters. The number of aryl methyl sites for hydroxylation is 1. The van der Waals surface area contributed by atoms with Crippen LogP contribution in [0.15, 0.2) is 53.7 Å². The van der Waals surface area contributed by atoms with Crippen molar-refractivity contribution in [2.24, 2.45) is 5.41 Å². The molecule has 2 aromatic carbocycles. The predicted octanol–water partition coefficient (Wildman–Crippen LogP) is 5.18. The van der Waals surface area contributed by atoms with Crippen molar-refractivity contribution in [3.05, 3.63) is 64.9 Å². The molecule has 0 N–H and O–H groups in total. The molecule has 0 saturated heterocycles. The van der Waals surface area contributed by atoms with E-state index in [4.69, 9.17) is 9.47 Å². The van der Waals surface area contributed by atoms with E-state index >= 15 is 0 Å². The topological polar surface area (TPSA) is 55.8 Å². The lowest BCUT2D eigenvalue weighted by molar-refractivity contribution is -0.121. The summed E-state index contributed by atoms with van der Waals surface area (Å²) in [6.07, 6.45) is 1.40. The van der Waals surface area contributed by atoms with Crippen LogP contribution in [-0.2, 0) is 9.59 Å². The number of carbonyl (C=O) groups excluding carboxylic acids is 2. The highest BCUT2D eigenvalue weighted by molar-refractivity contribution is 6.08. The molecule has 0 bridgehead atoms. The number of methoxy groups -OCH3 is 2. The van der Waals surface area contributed by atoms with E-state index in [9.17, 15) is 9.59 Å². The second kappa shape index (κ2) is 7.88. The number of benzene rings is 2. The number of carbonyl (C=O) groups is 2. The van der Waals surface area contributed by atoms with Crippen molar-refractivity contribution in [2.75, 3.05) is 19.1 Å². The standard InChI is InChI=1S/C26H29NO4/c1-16-8-6-7-9-19(16)27-20-14-26(2,3)15-21(28)25(20)18(13-24(27)29)17-10-11-22(30-4)23(12-17)31-5/h6-12,18H,13-15H2,1-5H3/t18-/m0/s1. The number of hydrogen-bond acceptors (Lipinski definition) is 4. The summed E-state index contributed by atoms with van der Waals surface area (Å²) in [4.78, 5) is 28.7. The largest absolute Gasteiger partial charge is 0.493 e. The Balaban J connectivity index is 1.90. The molecule has 0 aromatic heterocycles. The maximum absolute atomic E-state index is 13.5. The van der Waals surface area contributed by atoms with Gasteiger partial charge >= 0.3 is 0 Å². The van der Waals surface area contributed by atoms with Crippen LogP contribution < -0.4 is 14.4 Å². The average Bonchev–Trinajstić information content (AvgIpc) is 2.72. The van der Waals surface area contributed by atoms with E-state index in [0.29, 0.717) is 24.3 Å². The number of allylic oxidation sites excluding steroid dienone is 2. The van der Waals surface area contributed by atoms with Gasteiger partial charge in [-0.15, -0.1) is 0 Å². The maximum Gasteiger partial charge on any atom is 0.232 e. The summed E-state index contributed by atoms with van der Waals surface area (Å²) in [7, 11) is 3.18. The maximum atomic E-state index is 13.5. The number of Topliss-reactive ketones (excluding diaryl/α,β-unsaturated/α-hetero) is 1. The van der Waals surface area contributed by atoms with Gasteiger partial charge in [-0.1, -0.05) is 38.1 Å². The second-order valence-corrected chi connectivity index (χ2v) is 9.19. The summed E-state index contributed by atoms with van der Waals surface area (Å²) in [6, 6.07) is 13.5. The Morgan fingerprint density at radius 1 is 0.968 bits per heavy atom. The molecule has 0 unspecified atom stereocenters. The Hall–Kier alpha value is -3.08. The zero-order chi connectivity index (χ0) is 22.3. The lowest BCUT2D eigenvalue weighted by Gasteiger charge is -2.43. The normalized spacial score (nSPS) is 20.5. The Kier molecular flexibility index (Phi) is 5.38. The molecule has 1 aliphatic heterocycles. The zero-order valence-electron chi connectivity index (χ0n) is 18.8. The second-order valence-electron chi connectivity index (χ2n) is 9.19. The molecule has 2 aromatic rings. The number of rotatable bonds is 4. The minimum absolute atomic E-state index is 0.0123. The summed E-state index contributed by atoms with van der Waals surface area (Å²) in [5, 5.41) is 0. The summed E-state index contributed by atoms with van der Waals surface area (Å²) in [5.41, 5.74) is 4.17. The van der Waals surface area contributed by atoms with Crippen LogP contribution in [0.5, 0.6) is 11.5 Å². The molecule has 5 heteroatoms. The molecule has 0 radical (unpaired) electrons. The van der Waals surface area contributed by atoms with Gasteiger partial charge in [-0.05, 0) is 48.1 Å². The van der Waals surface area contributed by atoms with E-state index in [1.165, 1.54) is 0 Å². The van der Waals surface area contributed by atoms with Gasteiger partial charge in [-0.3, -0.25) is 14.5 Å². The molecular formula is C26H29NO4. The third-order valence-electron chi connectivity index (χ3n) is 6.31. The lowest BCUT2D eigenvalue weighted by Crippen LogP contribution is -2.44. The number of para-hydroxylation sites is 1. The van der Waals surface area contributed by atoms with Crippen LogP contribution in [0.4, 0.5) is 5.69 Å². The number of hydrogen-bond donors (Lipinski definition) is 0. The van der Waals surface area contributed by atoms with Crippen molar-refractivity contribution < 1.29 is 19.1 Å². The molecule has 4 rings (SSSR count). The first-order chi connectivity index (χ1) is 14.8. The monoisotopic (exact) mass is 419 g/mol. The molecule has 1 amide bonds. The van der Waals surface area contributed by atoms with Gasteiger partial charge < -0.3 is 9.47 Å². The number of anilines is 1. The quantitative estimate of drug-likeness (QED) is 0.686. The number of ketones is 1. The van der Waals surface area contributed by atoms with Crippen molar-refractivity contribution in [3.63, 3.8) is 0 Å². The van der Waals surface area contributed by atoms with Gasteiger partial charge in [0.1, 0.15) is 0 Å². The first-order valence-electron chi connectivity index (χ1n) is 10.6. The zero-order valence-corrected chi connectivity index (χ0v) is 18.8. The van der Waals surface area contributed by atoms with E-state index < -0.39 is 0 Å². The number of amides is 1. The Bertz CT molecular complexity index is 1080. The molecule has 0 saturated carbocycles. The molecule has 162 valence electrons. The fourth-order valence-electron chi connectivity index (χ4n) is 4.86. The summed E-state index contributed by atoms with van der Waals surface area (Å²) < 4.78 is 10.8. The lowest BCUT2D eigenvalue weighted by atomic mass is 9.69. The molecule has 1 aliphatic carbocycles. The van der Waals surface area contributed by atoms with Crippen LogP contribution in [0.1, 0.15) is 50.2 Å². The molecule has 0 fully saturated rings. The number of ether oxygens (including phenoxy) is 2. The fourth-order valence-corrected chi connectivity index (χ4v) is 4.86. The van der Waals surface area contributed by atoms with Crippen LogP contribution in [0.2, 0.25) is 0 Å². The van der Waals surface area contributed by atoms with Crippen LogP contribution in [0, 0.1) is 12.3 Å². The van der Waals surface area contributed by atoms with Crippen molar-refractivity contribution in [1.82, 2.24) is 0 Å². The Morgan fingerprint density at radius 3 is 2.35 bits per heavy atom. The van der Waals surface area contributed by atoms with Crippen molar-refractivity contribution in [1.29, 1.82) is 0 Å². The van der Waals surface area contributed by atoms with Crippen LogP contribution in [-0.4, -0.2) is 25.9 Å². The summed E-state index contributed by atoms with van der Waals surface area (Å²) in [6.45, 7) is 6.18. The van der Waals surface area contributed by atoms with Gasteiger partial charge in [-0.25, -0.2) is 0 Å².